The number of nitrogens with one attached hydrogen (secondary N) is 1. The van der Waals surface area contributed by atoms with E-state index >= 15 is 0 Å². The molecule has 0 aliphatic heterocycles. The highest BCUT2D eigenvalue weighted by Crippen LogP contribution is 2.43. The van der Waals surface area contributed by atoms with Gasteiger partial charge in [0.05, 0.1) is 25.4 Å². The van der Waals surface area contributed by atoms with E-state index in [9.17, 15) is 19.4 Å². The molecular weight excluding hydrogens is 744 g/mol. The van der Waals surface area contributed by atoms with Gasteiger partial charge >= 0.3 is 7.82 Å². The Balaban J connectivity index is 4.24. The number of amides is 1. The molecule has 0 aromatic carbocycles. The Morgan fingerprint density at radius 1 is 0.569 bits per heavy atom. The number of hydrogen-bond donors (Lipinski definition) is 4. The van der Waals surface area contributed by atoms with Gasteiger partial charge in [-0.15, -0.1) is 0 Å². The van der Waals surface area contributed by atoms with E-state index in [0.29, 0.717) is 6.42 Å². The fourth-order valence-electron chi connectivity index (χ4n) is 6.68. The highest BCUT2D eigenvalue weighted by molar-refractivity contribution is 7.47. The molecule has 0 aliphatic rings. The molecule has 0 spiro atoms. The van der Waals surface area contributed by atoms with Crippen LogP contribution in [0.3, 0.4) is 0 Å². The summed E-state index contributed by atoms with van der Waals surface area (Å²) in [5.41, 5.74) is 5.38. The van der Waals surface area contributed by atoms with Crippen LogP contribution in [0.2, 0.25) is 0 Å². The van der Waals surface area contributed by atoms with Gasteiger partial charge in [0, 0.05) is 13.0 Å². The molecule has 0 saturated carbocycles. The Morgan fingerprint density at radius 3 is 1.48 bits per heavy atom. The topological polar surface area (TPSA) is 131 Å². The largest absolute Gasteiger partial charge is 0.472 e. The monoisotopic (exact) mass is 835 g/mol. The molecule has 0 heterocycles. The third-order valence-electron chi connectivity index (χ3n) is 10.3. The molecule has 5 N–H and O–H groups in total. The molecule has 1 amide bonds. The number of phosphoric acid groups is 1. The van der Waals surface area contributed by atoms with E-state index in [-0.39, 0.29) is 25.7 Å². The SMILES string of the molecule is CCCCC/C=C\C/C=C\C/C=C\CCCCCCCCC(=O)NC(COP(=O)(O)OCCN)C(O)/C=C/CC/C=C/CCCCCCCCCCCCCCCC. The lowest BCUT2D eigenvalue weighted by Gasteiger charge is -2.23. The molecular formula is C49H91N2O6P. The van der Waals surface area contributed by atoms with Crippen molar-refractivity contribution in [2.45, 2.75) is 225 Å². The number of carbonyl (C=O) groups excluding carboxylic acids is 1. The molecule has 58 heavy (non-hydrogen) atoms. The van der Waals surface area contributed by atoms with Gasteiger partial charge in [0.2, 0.25) is 5.91 Å². The van der Waals surface area contributed by atoms with E-state index < -0.39 is 20.0 Å². The van der Waals surface area contributed by atoms with Crippen LogP contribution in [0.25, 0.3) is 0 Å². The van der Waals surface area contributed by atoms with Gasteiger partial charge < -0.3 is 21.1 Å². The second-order valence-electron chi connectivity index (χ2n) is 16.0. The summed E-state index contributed by atoms with van der Waals surface area (Å²) in [4.78, 5) is 22.8. The third-order valence-corrected chi connectivity index (χ3v) is 11.3. The zero-order chi connectivity index (χ0) is 42.5. The maximum absolute atomic E-state index is 12.8. The highest BCUT2D eigenvalue weighted by Gasteiger charge is 2.26. The van der Waals surface area contributed by atoms with E-state index in [4.69, 9.17) is 14.8 Å². The van der Waals surface area contributed by atoms with E-state index in [2.05, 4.69) is 67.8 Å². The van der Waals surface area contributed by atoms with Crippen LogP contribution in [0.4, 0.5) is 0 Å². The van der Waals surface area contributed by atoms with Crippen molar-refractivity contribution in [2.75, 3.05) is 19.8 Å². The lowest BCUT2D eigenvalue weighted by Crippen LogP contribution is -2.45. The minimum absolute atomic E-state index is 0.0694. The van der Waals surface area contributed by atoms with Crippen molar-refractivity contribution < 1.29 is 28.4 Å². The molecule has 0 aromatic heterocycles. The van der Waals surface area contributed by atoms with Crippen molar-refractivity contribution in [2.24, 2.45) is 5.73 Å². The second kappa shape index (κ2) is 44.7. The first-order valence-corrected chi connectivity index (χ1v) is 25.4. The standard InChI is InChI=1S/C49H91N2O6P/c1-3-5-7-9-11-13-15-17-19-21-23-25-26-28-30-32-34-36-38-40-42-48(52)47(46-57-58(54,55)56-45-44-50)51-49(53)43-41-39-37-35-33-31-29-27-24-22-20-18-16-14-12-10-8-6-4-2/h12,14,18,20,24,27,32,34,40,42,47-48,52H,3-11,13,15-17,19,21-23,25-26,28-31,33,35-39,41,43-46,50H2,1-2H3,(H,51,53)(H,54,55)/b14-12-,20-18-,27-24-,34-32+,42-40+. The van der Waals surface area contributed by atoms with Crippen LogP contribution >= 0.6 is 7.82 Å². The number of allylic oxidation sites excluding steroid dienone is 9. The Kier molecular flexibility index (Phi) is 43.4. The number of phosphoric ester groups is 1. The number of hydrogen-bond acceptors (Lipinski definition) is 6. The van der Waals surface area contributed by atoms with E-state index in [1.54, 1.807) is 6.08 Å². The summed E-state index contributed by atoms with van der Waals surface area (Å²) in [6.45, 7) is 4.08. The first kappa shape index (κ1) is 56.2. The maximum Gasteiger partial charge on any atom is 0.472 e. The first-order valence-electron chi connectivity index (χ1n) is 23.9. The second-order valence-corrected chi connectivity index (χ2v) is 17.4. The predicted octanol–water partition coefficient (Wildman–Crippen LogP) is 13.8. The molecule has 0 aromatic rings. The Morgan fingerprint density at radius 2 is 0.966 bits per heavy atom. The highest BCUT2D eigenvalue weighted by atomic mass is 31.2. The number of carbonyl (C=O) groups is 1. The number of nitrogens with two attached hydrogens (primary N) is 1. The van der Waals surface area contributed by atoms with Gasteiger partial charge in [-0.3, -0.25) is 13.8 Å². The fraction of sp³-hybridized carbons (Fsp3) is 0.776. The number of rotatable bonds is 44. The zero-order valence-electron chi connectivity index (χ0n) is 37.5. The number of aliphatic hydroxyl groups excluding tert-OH is 1. The minimum atomic E-state index is -4.36. The summed E-state index contributed by atoms with van der Waals surface area (Å²) in [6.07, 6.45) is 57.0. The normalized spacial score (nSPS) is 14.5. The van der Waals surface area contributed by atoms with Crippen molar-refractivity contribution in [3.63, 3.8) is 0 Å². The van der Waals surface area contributed by atoms with Crippen LogP contribution < -0.4 is 11.1 Å². The third kappa shape index (κ3) is 42.3. The average Bonchev–Trinajstić information content (AvgIpc) is 3.21. The van der Waals surface area contributed by atoms with Gasteiger partial charge in [-0.25, -0.2) is 4.57 Å². The van der Waals surface area contributed by atoms with Crippen LogP contribution in [-0.2, 0) is 18.4 Å². The quantitative estimate of drug-likeness (QED) is 0.0273. The van der Waals surface area contributed by atoms with Gasteiger partial charge in [0.25, 0.3) is 0 Å². The van der Waals surface area contributed by atoms with Crippen LogP contribution in [0.15, 0.2) is 60.8 Å². The van der Waals surface area contributed by atoms with E-state index in [1.165, 1.54) is 128 Å². The molecule has 0 rings (SSSR count). The van der Waals surface area contributed by atoms with Crippen LogP contribution in [0.1, 0.15) is 213 Å². The van der Waals surface area contributed by atoms with Crippen LogP contribution in [0, 0.1) is 0 Å². The smallest absolute Gasteiger partial charge is 0.387 e. The Bertz CT molecular complexity index is 1090. The molecule has 338 valence electrons. The molecule has 0 aliphatic carbocycles. The summed E-state index contributed by atoms with van der Waals surface area (Å²) in [6, 6.07) is -0.887. The molecule has 8 nitrogen and oxygen atoms in total. The van der Waals surface area contributed by atoms with Crippen LogP contribution in [-0.4, -0.2) is 47.8 Å². The summed E-state index contributed by atoms with van der Waals surface area (Å²) in [5.74, 6) is -0.217. The molecule has 0 bridgehead atoms. The minimum Gasteiger partial charge on any atom is -0.387 e. The lowest BCUT2D eigenvalue weighted by molar-refractivity contribution is -0.123. The van der Waals surface area contributed by atoms with Crippen molar-refractivity contribution >= 4 is 13.7 Å². The first-order chi connectivity index (χ1) is 28.4. The zero-order valence-corrected chi connectivity index (χ0v) is 38.4. The predicted molar refractivity (Wildman–Crippen MR) is 249 cm³/mol. The number of aliphatic hydroxyl groups is 1. The van der Waals surface area contributed by atoms with Gasteiger partial charge in [-0.2, -0.15) is 0 Å². The maximum atomic E-state index is 12.8. The van der Waals surface area contributed by atoms with Gasteiger partial charge in [0.1, 0.15) is 0 Å². The molecule has 0 saturated heterocycles. The van der Waals surface area contributed by atoms with Gasteiger partial charge in [-0.05, 0) is 70.6 Å². The van der Waals surface area contributed by atoms with E-state index in [1.807, 2.05) is 6.08 Å². The molecule has 0 radical (unpaired) electrons. The Hall–Kier alpha value is -1.80. The lowest BCUT2D eigenvalue weighted by atomic mass is 10.0. The Labute approximate surface area is 357 Å². The summed E-state index contributed by atoms with van der Waals surface area (Å²) in [7, 11) is -4.36. The average molecular weight is 835 g/mol. The van der Waals surface area contributed by atoms with Crippen LogP contribution in [0.5, 0.6) is 0 Å². The van der Waals surface area contributed by atoms with Crippen molar-refractivity contribution in [1.82, 2.24) is 5.32 Å². The van der Waals surface area contributed by atoms with Crippen molar-refractivity contribution in [3.8, 4) is 0 Å². The summed E-state index contributed by atoms with van der Waals surface area (Å²) < 4.78 is 22.2. The van der Waals surface area contributed by atoms with Crippen molar-refractivity contribution in [3.05, 3.63) is 60.8 Å². The molecule has 9 heteroatoms. The van der Waals surface area contributed by atoms with E-state index in [0.717, 1.165) is 64.2 Å². The molecule has 0 fully saturated rings. The molecule has 3 unspecified atom stereocenters. The summed E-state index contributed by atoms with van der Waals surface area (Å²) in [5, 5.41) is 13.7. The molecule has 3 atom stereocenters. The van der Waals surface area contributed by atoms with Crippen molar-refractivity contribution in [1.29, 1.82) is 0 Å². The number of unbranched alkanes of at least 4 members (excludes halogenated alkanes) is 24. The van der Waals surface area contributed by atoms with Gasteiger partial charge in [0.15, 0.2) is 0 Å². The summed E-state index contributed by atoms with van der Waals surface area (Å²) >= 11 is 0. The van der Waals surface area contributed by atoms with Gasteiger partial charge in [-0.1, -0.05) is 197 Å². The fourth-order valence-corrected chi connectivity index (χ4v) is 7.44.